The van der Waals surface area contributed by atoms with Crippen molar-refractivity contribution in [1.29, 1.82) is 0 Å². The highest BCUT2D eigenvalue weighted by molar-refractivity contribution is 7.15. The number of thiazole rings is 1. The molecule has 0 aliphatic rings. The molecule has 1 aromatic rings. The fourth-order valence-corrected chi connectivity index (χ4v) is 2.59. The first-order chi connectivity index (χ1) is 7.63. The molecule has 92 valence electrons. The number of nitrogens with two attached hydrogens (primary N) is 1. The van der Waals surface area contributed by atoms with Gasteiger partial charge in [-0.2, -0.15) is 0 Å². The second kappa shape index (κ2) is 6.18. The number of hydrogen-bond donors (Lipinski definition) is 1. The summed E-state index contributed by atoms with van der Waals surface area (Å²) in [6, 6.07) is 0.325. The summed E-state index contributed by atoms with van der Waals surface area (Å²) in [6.07, 6.45) is 0.940. The van der Waals surface area contributed by atoms with Gasteiger partial charge in [-0.1, -0.05) is 6.92 Å². The van der Waals surface area contributed by atoms with Crippen molar-refractivity contribution in [3.63, 3.8) is 0 Å². The van der Waals surface area contributed by atoms with Gasteiger partial charge in [0.15, 0.2) is 5.13 Å². The first-order valence-corrected chi connectivity index (χ1v) is 6.36. The van der Waals surface area contributed by atoms with E-state index in [0.29, 0.717) is 19.2 Å². The van der Waals surface area contributed by atoms with E-state index < -0.39 is 0 Å². The standard InChI is InChI=1S/C11H21N3OS/c1-5-9-10(6-12)16-11(13-9)14(3)8(2)7-15-4/h8H,5-7,12H2,1-4H3. The second-order valence-corrected chi connectivity index (χ2v) is 4.90. The monoisotopic (exact) mass is 243 g/mol. The molecule has 4 nitrogen and oxygen atoms in total. The number of ether oxygens (including phenoxy) is 1. The summed E-state index contributed by atoms with van der Waals surface area (Å²) in [6.45, 7) is 5.51. The van der Waals surface area contributed by atoms with Crippen LogP contribution in [0, 0.1) is 0 Å². The van der Waals surface area contributed by atoms with Gasteiger partial charge < -0.3 is 15.4 Å². The Bertz CT molecular complexity index is 306. The molecule has 1 atom stereocenters. The molecule has 0 radical (unpaired) electrons. The summed E-state index contributed by atoms with van der Waals surface area (Å²) in [5.41, 5.74) is 6.83. The van der Waals surface area contributed by atoms with Gasteiger partial charge in [-0.15, -0.1) is 11.3 Å². The molecule has 0 aliphatic heterocycles. The number of aryl methyl sites for hydroxylation is 1. The zero-order chi connectivity index (χ0) is 12.1. The van der Waals surface area contributed by atoms with Crippen LogP contribution in [0.1, 0.15) is 24.4 Å². The van der Waals surface area contributed by atoms with Gasteiger partial charge in [0.05, 0.1) is 18.3 Å². The number of nitrogens with zero attached hydrogens (tertiary/aromatic N) is 2. The maximum absolute atomic E-state index is 5.70. The van der Waals surface area contributed by atoms with Crippen LogP contribution in [0.4, 0.5) is 5.13 Å². The molecular weight excluding hydrogens is 222 g/mol. The van der Waals surface area contributed by atoms with Crippen LogP contribution in [0.3, 0.4) is 0 Å². The molecule has 0 spiro atoms. The predicted octanol–water partition coefficient (Wildman–Crippen LogP) is 1.64. The van der Waals surface area contributed by atoms with Crippen LogP contribution in [0.2, 0.25) is 0 Å². The second-order valence-electron chi connectivity index (χ2n) is 3.84. The van der Waals surface area contributed by atoms with Crippen molar-refractivity contribution in [2.45, 2.75) is 32.9 Å². The first kappa shape index (κ1) is 13.4. The summed E-state index contributed by atoms with van der Waals surface area (Å²) in [4.78, 5) is 7.95. The van der Waals surface area contributed by atoms with Crippen LogP contribution in [0.15, 0.2) is 0 Å². The lowest BCUT2D eigenvalue weighted by atomic mass is 10.3. The van der Waals surface area contributed by atoms with E-state index in [4.69, 9.17) is 10.5 Å². The van der Waals surface area contributed by atoms with Gasteiger partial charge in [0.1, 0.15) is 0 Å². The molecule has 1 heterocycles. The third-order valence-electron chi connectivity index (χ3n) is 2.66. The van der Waals surface area contributed by atoms with Crippen molar-refractivity contribution < 1.29 is 4.74 Å². The normalized spacial score (nSPS) is 12.8. The lowest BCUT2D eigenvalue weighted by molar-refractivity contribution is 0.183. The van der Waals surface area contributed by atoms with Crippen LogP contribution >= 0.6 is 11.3 Å². The maximum atomic E-state index is 5.70. The first-order valence-electron chi connectivity index (χ1n) is 5.54. The van der Waals surface area contributed by atoms with Crippen molar-refractivity contribution in [2.75, 3.05) is 25.7 Å². The quantitative estimate of drug-likeness (QED) is 0.825. The maximum Gasteiger partial charge on any atom is 0.185 e. The van der Waals surface area contributed by atoms with Crippen LogP contribution < -0.4 is 10.6 Å². The zero-order valence-electron chi connectivity index (χ0n) is 10.5. The van der Waals surface area contributed by atoms with Crippen molar-refractivity contribution in [3.05, 3.63) is 10.6 Å². The van der Waals surface area contributed by atoms with Gasteiger partial charge in [0.2, 0.25) is 0 Å². The Hall–Kier alpha value is -0.650. The molecule has 2 N–H and O–H groups in total. The molecule has 0 fully saturated rings. The number of likely N-dealkylation sites (N-methyl/N-ethyl adjacent to an activating group) is 1. The molecule has 16 heavy (non-hydrogen) atoms. The predicted molar refractivity (Wildman–Crippen MR) is 69.1 cm³/mol. The molecule has 0 amide bonds. The zero-order valence-corrected chi connectivity index (χ0v) is 11.3. The number of aromatic nitrogens is 1. The number of rotatable bonds is 6. The Morgan fingerprint density at radius 3 is 2.69 bits per heavy atom. The third-order valence-corrected chi connectivity index (χ3v) is 3.87. The van der Waals surface area contributed by atoms with E-state index in [1.165, 1.54) is 4.88 Å². The molecule has 0 bridgehead atoms. The number of methoxy groups -OCH3 is 1. The SMILES string of the molecule is CCc1nc(N(C)C(C)COC)sc1CN. The Balaban J connectivity index is 2.82. The Morgan fingerprint density at radius 1 is 1.56 bits per heavy atom. The van der Waals surface area contributed by atoms with Crippen LogP contribution in [-0.4, -0.2) is 31.8 Å². The largest absolute Gasteiger partial charge is 0.383 e. The Kier molecular flexibility index (Phi) is 5.18. The van der Waals surface area contributed by atoms with E-state index in [0.717, 1.165) is 17.2 Å². The average Bonchev–Trinajstić information content (AvgIpc) is 2.71. The molecule has 1 rings (SSSR count). The van der Waals surface area contributed by atoms with Crippen molar-refractivity contribution in [2.24, 2.45) is 5.73 Å². The fourth-order valence-electron chi connectivity index (χ4n) is 1.50. The van der Waals surface area contributed by atoms with Gasteiger partial charge >= 0.3 is 0 Å². The molecule has 0 saturated heterocycles. The van der Waals surface area contributed by atoms with Crippen molar-refractivity contribution in [1.82, 2.24) is 4.98 Å². The number of hydrogen-bond acceptors (Lipinski definition) is 5. The summed E-state index contributed by atoms with van der Waals surface area (Å²) in [5.74, 6) is 0. The van der Waals surface area contributed by atoms with Gasteiger partial charge in [-0.25, -0.2) is 4.98 Å². The Morgan fingerprint density at radius 2 is 2.25 bits per heavy atom. The highest BCUT2D eigenvalue weighted by atomic mass is 32.1. The van der Waals surface area contributed by atoms with Crippen LogP contribution in [0.25, 0.3) is 0 Å². The molecule has 5 heteroatoms. The van der Waals surface area contributed by atoms with E-state index in [1.807, 2.05) is 7.05 Å². The minimum Gasteiger partial charge on any atom is -0.383 e. The number of anilines is 1. The van der Waals surface area contributed by atoms with Gasteiger partial charge in [0.25, 0.3) is 0 Å². The smallest absolute Gasteiger partial charge is 0.185 e. The minimum absolute atomic E-state index is 0.325. The topological polar surface area (TPSA) is 51.4 Å². The lowest BCUT2D eigenvalue weighted by Gasteiger charge is -2.23. The fraction of sp³-hybridized carbons (Fsp3) is 0.727. The van der Waals surface area contributed by atoms with E-state index in [9.17, 15) is 0 Å². The van der Waals surface area contributed by atoms with E-state index >= 15 is 0 Å². The van der Waals surface area contributed by atoms with Gasteiger partial charge in [-0.05, 0) is 13.3 Å². The lowest BCUT2D eigenvalue weighted by Crippen LogP contribution is -2.32. The van der Waals surface area contributed by atoms with Crippen LogP contribution in [-0.2, 0) is 17.7 Å². The highest BCUT2D eigenvalue weighted by Crippen LogP contribution is 2.26. The van der Waals surface area contributed by atoms with Crippen LogP contribution in [0.5, 0.6) is 0 Å². The third kappa shape index (κ3) is 2.93. The molecule has 0 aromatic carbocycles. The minimum atomic E-state index is 0.325. The summed E-state index contributed by atoms with van der Waals surface area (Å²) in [5, 5.41) is 1.03. The Labute approximate surface area is 101 Å². The molecule has 0 aliphatic carbocycles. The average molecular weight is 243 g/mol. The summed E-state index contributed by atoms with van der Waals surface area (Å²) >= 11 is 1.68. The van der Waals surface area contributed by atoms with Gasteiger partial charge in [0, 0.05) is 25.6 Å². The van der Waals surface area contributed by atoms with Crippen molar-refractivity contribution >= 4 is 16.5 Å². The highest BCUT2D eigenvalue weighted by Gasteiger charge is 2.16. The van der Waals surface area contributed by atoms with E-state index in [2.05, 4.69) is 23.7 Å². The molecule has 1 aromatic heterocycles. The molecule has 0 saturated carbocycles. The van der Waals surface area contributed by atoms with E-state index in [-0.39, 0.29) is 0 Å². The van der Waals surface area contributed by atoms with Crippen molar-refractivity contribution in [3.8, 4) is 0 Å². The van der Waals surface area contributed by atoms with E-state index in [1.54, 1.807) is 18.4 Å². The summed E-state index contributed by atoms with van der Waals surface area (Å²) < 4.78 is 5.15. The molecule has 1 unspecified atom stereocenters. The molecular formula is C11H21N3OS. The van der Waals surface area contributed by atoms with Gasteiger partial charge in [-0.3, -0.25) is 0 Å². The summed E-state index contributed by atoms with van der Waals surface area (Å²) in [7, 11) is 3.76.